The summed E-state index contributed by atoms with van der Waals surface area (Å²) in [5.41, 5.74) is 2.74. The first-order chi connectivity index (χ1) is 11.2. The van der Waals surface area contributed by atoms with Gasteiger partial charge in [-0.2, -0.15) is 0 Å². The Morgan fingerprint density at radius 2 is 1.96 bits per heavy atom. The van der Waals surface area contributed by atoms with E-state index in [2.05, 4.69) is 20.2 Å². The molecule has 0 unspecified atom stereocenters. The van der Waals surface area contributed by atoms with Gasteiger partial charge in [0.2, 0.25) is 5.89 Å². The molecule has 4 rings (SSSR count). The number of rotatable bonds is 4. The van der Waals surface area contributed by atoms with Crippen molar-refractivity contribution in [2.45, 2.75) is 32.1 Å². The molecule has 1 aliphatic rings. The van der Waals surface area contributed by atoms with Gasteiger partial charge < -0.3 is 4.42 Å². The third kappa shape index (κ3) is 3.10. The molecule has 6 heteroatoms. The summed E-state index contributed by atoms with van der Waals surface area (Å²) in [6, 6.07) is 7.60. The smallest absolute Gasteiger partial charge is 0.251 e. The highest BCUT2D eigenvalue weighted by atomic mass is 35.5. The number of nitrogens with zero attached hydrogens (tertiary/aromatic N) is 4. The summed E-state index contributed by atoms with van der Waals surface area (Å²) in [5, 5.41) is 8.96. The van der Waals surface area contributed by atoms with Gasteiger partial charge in [0.1, 0.15) is 5.82 Å². The number of aromatic nitrogens is 4. The summed E-state index contributed by atoms with van der Waals surface area (Å²) in [4.78, 5) is 8.99. The molecule has 0 aliphatic heterocycles. The summed E-state index contributed by atoms with van der Waals surface area (Å²) < 4.78 is 5.77. The summed E-state index contributed by atoms with van der Waals surface area (Å²) in [7, 11) is 0. The highest BCUT2D eigenvalue weighted by Crippen LogP contribution is 2.38. The minimum Gasteiger partial charge on any atom is -0.420 e. The molecule has 2 heterocycles. The van der Waals surface area contributed by atoms with Crippen LogP contribution in [0, 0.1) is 6.92 Å². The molecule has 0 amide bonds. The van der Waals surface area contributed by atoms with Gasteiger partial charge in [-0.05, 0) is 37.5 Å². The van der Waals surface area contributed by atoms with Gasteiger partial charge in [-0.15, -0.1) is 10.2 Å². The van der Waals surface area contributed by atoms with Crippen LogP contribution >= 0.6 is 11.6 Å². The van der Waals surface area contributed by atoms with E-state index in [0.29, 0.717) is 29.1 Å². The van der Waals surface area contributed by atoms with Gasteiger partial charge in [-0.1, -0.05) is 23.7 Å². The minimum atomic E-state index is 0.466. The molecular formula is C17H15ClN4O. The molecular weight excluding hydrogens is 312 g/mol. The van der Waals surface area contributed by atoms with Gasteiger partial charge in [0, 0.05) is 17.1 Å². The average molecular weight is 327 g/mol. The van der Waals surface area contributed by atoms with E-state index in [1.807, 2.05) is 31.2 Å². The Morgan fingerprint density at radius 3 is 2.65 bits per heavy atom. The summed E-state index contributed by atoms with van der Waals surface area (Å²) in [5.74, 6) is 2.49. The van der Waals surface area contributed by atoms with Crippen LogP contribution in [0.4, 0.5) is 0 Å². The lowest BCUT2D eigenvalue weighted by atomic mass is 10.1. The maximum Gasteiger partial charge on any atom is 0.251 e. The molecule has 1 saturated carbocycles. The quantitative estimate of drug-likeness (QED) is 0.726. The third-order valence-corrected chi connectivity index (χ3v) is 4.16. The highest BCUT2D eigenvalue weighted by molar-refractivity contribution is 6.30. The lowest BCUT2D eigenvalue weighted by molar-refractivity contribution is 0.517. The largest absolute Gasteiger partial charge is 0.420 e. The standard InChI is InChI=1S/C17H15ClN4O/c1-10-14(9-19-16(20-10)12-4-5-12)17-22-21-15(23-17)8-11-2-6-13(18)7-3-11/h2-3,6-7,9,12H,4-5,8H2,1H3. The van der Waals surface area contributed by atoms with Gasteiger partial charge in [0.15, 0.2) is 0 Å². The molecule has 1 fully saturated rings. The molecule has 1 aliphatic carbocycles. The monoisotopic (exact) mass is 326 g/mol. The zero-order valence-corrected chi connectivity index (χ0v) is 13.4. The maximum atomic E-state index is 5.89. The van der Waals surface area contributed by atoms with Crippen molar-refractivity contribution in [3.8, 4) is 11.5 Å². The van der Waals surface area contributed by atoms with E-state index < -0.39 is 0 Å². The molecule has 3 aromatic rings. The normalized spacial score (nSPS) is 14.2. The van der Waals surface area contributed by atoms with Crippen LogP contribution in [0.1, 0.15) is 41.7 Å². The predicted molar refractivity (Wildman–Crippen MR) is 86.3 cm³/mol. The van der Waals surface area contributed by atoms with Gasteiger partial charge in [0.05, 0.1) is 17.7 Å². The van der Waals surface area contributed by atoms with Crippen LogP contribution in [0.25, 0.3) is 11.5 Å². The molecule has 0 radical (unpaired) electrons. The van der Waals surface area contributed by atoms with Crippen molar-refractivity contribution in [3.05, 3.63) is 58.5 Å². The number of hydrogen-bond donors (Lipinski definition) is 0. The Morgan fingerprint density at radius 1 is 1.17 bits per heavy atom. The molecule has 23 heavy (non-hydrogen) atoms. The van der Waals surface area contributed by atoms with Crippen molar-refractivity contribution in [3.63, 3.8) is 0 Å². The Hall–Kier alpha value is -2.27. The second-order valence-corrected chi connectivity index (χ2v) is 6.24. The summed E-state index contributed by atoms with van der Waals surface area (Å²) in [6.45, 7) is 1.95. The number of hydrogen-bond acceptors (Lipinski definition) is 5. The Bertz CT molecular complexity index is 840. The van der Waals surface area contributed by atoms with Gasteiger partial charge in [-0.25, -0.2) is 9.97 Å². The Labute approximate surface area is 138 Å². The molecule has 0 spiro atoms. The van der Waals surface area contributed by atoms with Crippen LogP contribution in [-0.4, -0.2) is 20.2 Å². The molecule has 116 valence electrons. The first-order valence-electron chi connectivity index (χ1n) is 7.60. The van der Waals surface area contributed by atoms with Crippen molar-refractivity contribution in [2.24, 2.45) is 0 Å². The maximum absolute atomic E-state index is 5.89. The van der Waals surface area contributed by atoms with E-state index in [0.717, 1.165) is 22.6 Å². The fourth-order valence-electron chi connectivity index (χ4n) is 2.44. The number of aryl methyl sites for hydroxylation is 1. The van der Waals surface area contributed by atoms with Crippen molar-refractivity contribution in [1.29, 1.82) is 0 Å². The summed E-state index contributed by atoms with van der Waals surface area (Å²) in [6.07, 6.45) is 4.73. The van der Waals surface area contributed by atoms with E-state index in [1.54, 1.807) is 6.20 Å². The first-order valence-corrected chi connectivity index (χ1v) is 7.97. The predicted octanol–water partition coefficient (Wildman–Crippen LogP) is 3.96. The highest BCUT2D eigenvalue weighted by Gasteiger charge is 2.27. The van der Waals surface area contributed by atoms with E-state index in [1.165, 1.54) is 12.8 Å². The van der Waals surface area contributed by atoms with Crippen LogP contribution in [0.5, 0.6) is 0 Å². The zero-order chi connectivity index (χ0) is 15.8. The van der Waals surface area contributed by atoms with Crippen LogP contribution in [0.15, 0.2) is 34.9 Å². The zero-order valence-electron chi connectivity index (χ0n) is 12.7. The van der Waals surface area contributed by atoms with Crippen LogP contribution in [0.3, 0.4) is 0 Å². The van der Waals surface area contributed by atoms with Crippen LogP contribution < -0.4 is 0 Å². The van der Waals surface area contributed by atoms with Crippen LogP contribution in [-0.2, 0) is 6.42 Å². The second kappa shape index (κ2) is 5.74. The molecule has 0 bridgehead atoms. The third-order valence-electron chi connectivity index (χ3n) is 3.91. The lowest BCUT2D eigenvalue weighted by Crippen LogP contribution is -1.97. The van der Waals surface area contributed by atoms with Crippen molar-refractivity contribution in [2.75, 3.05) is 0 Å². The number of halogens is 1. The fourth-order valence-corrected chi connectivity index (χ4v) is 2.57. The first kappa shape index (κ1) is 14.3. The van der Waals surface area contributed by atoms with E-state index >= 15 is 0 Å². The SMILES string of the molecule is Cc1nc(C2CC2)ncc1-c1nnc(Cc2ccc(Cl)cc2)o1. The molecule has 0 saturated heterocycles. The Kier molecular flexibility index (Phi) is 3.58. The topological polar surface area (TPSA) is 64.7 Å². The van der Waals surface area contributed by atoms with Gasteiger partial charge >= 0.3 is 0 Å². The molecule has 0 N–H and O–H groups in total. The molecule has 1 aromatic carbocycles. The Balaban J connectivity index is 1.56. The molecule has 0 atom stereocenters. The second-order valence-electron chi connectivity index (χ2n) is 5.81. The van der Waals surface area contributed by atoms with Crippen molar-refractivity contribution in [1.82, 2.24) is 20.2 Å². The van der Waals surface area contributed by atoms with E-state index in [9.17, 15) is 0 Å². The number of benzene rings is 1. The fraction of sp³-hybridized carbons (Fsp3) is 0.294. The molecule has 2 aromatic heterocycles. The van der Waals surface area contributed by atoms with Gasteiger partial charge in [0.25, 0.3) is 5.89 Å². The van der Waals surface area contributed by atoms with E-state index in [4.69, 9.17) is 16.0 Å². The average Bonchev–Trinajstić information content (AvgIpc) is 3.30. The van der Waals surface area contributed by atoms with E-state index in [-0.39, 0.29) is 0 Å². The van der Waals surface area contributed by atoms with Crippen LogP contribution in [0.2, 0.25) is 5.02 Å². The van der Waals surface area contributed by atoms with Crippen molar-refractivity contribution < 1.29 is 4.42 Å². The van der Waals surface area contributed by atoms with Crippen molar-refractivity contribution >= 4 is 11.6 Å². The minimum absolute atomic E-state index is 0.466. The summed E-state index contributed by atoms with van der Waals surface area (Å²) >= 11 is 5.89. The lowest BCUT2D eigenvalue weighted by Gasteiger charge is -2.02. The molecule has 5 nitrogen and oxygen atoms in total. The van der Waals surface area contributed by atoms with Gasteiger partial charge in [-0.3, -0.25) is 0 Å².